The van der Waals surface area contributed by atoms with Crippen LogP contribution in [0.2, 0.25) is 0 Å². The van der Waals surface area contributed by atoms with Gasteiger partial charge in [0, 0.05) is 25.5 Å². The highest BCUT2D eigenvalue weighted by atomic mass is 32.2. The first-order chi connectivity index (χ1) is 9.12. The molecule has 0 bridgehead atoms. The Hall–Kier alpha value is -1.76. The van der Waals surface area contributed by atoms with Gasteiger partial charge in [-0.2, -0.15) is 0 Å². The summed E-state index contributed by atoms with van der Waals surface area (Å²) in [6, 6.07) is 10.6. The maximum Gasteiger partial charge on any atom is 0.242 e. The summed E-state index contributed by atoms with van der Waals surface area (Å²) in [4.78, 5) is 3.96. The average molecular weight is 277 g/mol. The second-order valence-corrected chi connectivity index (χ2v) is 5.80. The lowest BCUT2D eigenvalue weighted by atomic mass is 10.1. The largest absolute Gasteiger partial charge is 0.326 e. The molecule has 0 radical (unpaired) electrons. The van der Waals surface area contributed by atoms with E-state index in [2.05, 4.69) is 9.71 Å². The molecule has 0 atom stereocenters. The van der Waals surface area contributed by atoms with Crippen molar-refractivity contribution < 1.29 is 8.42 Å². The Bertz CT molecular complexity index is 625. The SMILES string of the molecule is NCc1ccc(CNS(=O)(=O)c2cccnc2)cc1. The lowest BCUT2D eigenvalue weighted by Gasteiger charge is -2.07. The van der Waals surface area contributed by atoms with Crippen LogP contribution in [-0.4, -0.2) is 13.4 Å². The van der Waals surface area contributed by atoms with Crippen molar-refractivity contribution in [2.75, 3.05) is 0 Å². The number of nitrogens with one attached hydrogen (secondary N) is 1. The van der Waals surface area contributed by atoms with Gasteiger partial charge in [0.1, 0.15) is 4.90 Å². The van der Waals surface area contributed by atoms with E-state index in [1.54, 1.807) is 6.07 Å². The fraction of sp³-hybridized carbons (Fsp3) is 0.154. The molecule has 0 aliphatic rings. The monoisotopic (exact) mass is 277 g/mol. The van der Waals surface area contributed by atoms with Crippen molar-refractivity contribution in [2.24, 2.45) is 5.73 Å². The van der Waals surface area contributed by atoms with Crippen LogP contribution in [0.15, 0.2) is 53.7 Å². The van der Waals surface area contributed by atoms with Crippen LogP contribution < -0.4 is 10.5 Å². The Balaban J connectivity index is 2.05. The third kappa shape index (κ3) is 3.60. The third-order valence-corrected chi connectivity index (χ3v) is 4.06. The minimum atomic E-state index is -3.51. The highest BCUT2D eigenvalue weighted by Gasteiger charge is 2.13. The second kappa shape index (κ2) is 5.92. The summed E-state index contributed by atoms with van der Waals surface area (Å²) in [7, 11) is -3.51. The summed E-state index contributed by atoms with van der Waals surface area (Å²) < 4.78 is 26.4. The van der Waals surface area contributed by atoms with E-state index in [0.29, 0.717) is 6.54 Å². The van der Waals surface area contributed by atoms with Gasteiger partial charge in [-0.05, 0) is 23.3 Å². The molecule has 3 N–H and O–H groups in total. The number of hydrogen-bond donors (Lipinski definition) is 2. The molecule has 0 amide bonds. The molecule has 1 aromatic carbocycles. The van der Waals surface area contributed by atoms with Crippen molar-refractivity contribution in [1.82, 2.24) is 9.71 Å². The van der Waals surface area contributed by atoms with E-state index in [1.165, 1.54) is 18.5 Å². The maximum atomic E-state index is 12.0. The molecule has 0 spiro atoms. The van der Waals surface area contributed by atoms with E-state index < -0.39 is 10.0 Å². The first-order valence-corrected chi connectivity index (χ1v) is 7.28. The van der Waals surface area contributed by atoms with Gasteiger partial charge in [-0.1, -0.05) is 24.3 Å². The van der Waals surface area contributed by atoms with Gasteiger partial charge in [0.15, 0.2) is 0 Å². The van der Waals surface area contributed by atoms with E-state index in [0.717, 1.165) is 11.1 Å². The Labute approximate surface area is 112 Å². The molecule has 0 saturated carbocycles. The zero-order chi connectivity index (χ0) is 13.7. The number of pyridine rings is 1. The molecule has 0 saturated heterocycles. The van der Waals surface area contributed by atoms with Crippen molar-refractivity contribution >= 4 is 10.0 Å². The first-order valence-electron chi connectivity index (χ1n) is 5.79. The van der Waals surface area contributed by atoms with Crippen LogP contribution >= 0.6 is 0 Å². The second-order valence-electron chi connectivity index (χ2n) is 4.03. The third-order valence-electron chi connectivity index (χ3n) is 2.67. The number of rotatable bonds is 5. The Morgan fingerprint density at radius 1 is 1.11 bits per heavy atom. The van der Waals surface area contributed by atoms with Gasteiger partial charge >= 0.3 is 0 Å². The number of benzene rings is 1. The van der Waals surface area contributed by atoms with Crippen molar-refractivity contribution in [3.05, 3.63) is 59.9 Å². The summed E-state index contributed by atoms with van der Waals surface area (Å²) >= 11 is 0. The van der Waals surface area contributed by atoms with E-state index in [4.69, 9.17) is 5.73 Å². The zero-order valence-corrected chi connectivity index (χ0v) is 11.1. The highest BCUT2D eigenvalue weighted by Crippen LogP contribution is 2.08. The summed E-state index contributed by atoms with van der Waals surface area (Å²) in [6.07, 6.45) is 2.85. The van der Waals surface area contributed by atoms with Crippen LogP contribution in [0.1, 0.15) is 11.1 Å². The van der Waals surface area contributed by atoms with Gasteiger partial charge in [-0.15, -0.1) is 0 Å². The van der Waals surface area contributed by atoms with E-state index in [-0.39, 0.29) is 11.4 Å². The predicted molar refractivity (Wildman–Crippen MR) is 72.6 cm³/mol. The maximum absolute atomic E-state index is 12.0. The number of hydrogen-bond acceptors (Lipinski definition) is 4. The standard InChI is InChI=1S/C13H15N3O2S/c14-8-11-3-5-12(6-4-11)9-16-19(17,18)13-2-1-7-15-10-13/h1-7,10,16H,8-9,14H2. The van der Waals surface area contributed by atoms with Gasteiger partial charge in [0.25, 0.3) is 0 Å². The highest BCUT2D eigenvalue weighted by molar-refractivity contribution is 7.89. The zero-order valence-electron chi connectivity index (χ0n) is 10.3. The topological polar surface area (TPSA) is 85.1 Å². The lowest BCUT2D eigenvalue weighted by molar-refractivity contribution is 0.581. The molecule has 1 heterocycles. The Morgan fingerprint density at radius 2 is 1.79 bits per heavy atom. The van der Waals surface area contributed by atoms with Crippen molar-refractivity contribution in [2.45, 2.75) is 18.0 Å². The van der Waals surface area contributed by atoms with Crippen LogP contribution in [0.5, 0.6) is 0 Å². The van der Waals surface area contributed by atoms with Crippen LogP contribution in [0.4, 0.5) is 0 Å². The van der Waals surface area contributed by atoms with Gasteiger partial charge in [0.2, 0.25) is 10.0 Å². The van der Waals surface area contributed by atoms with E-state index in [1.807, 2.05) is 24.3 Å². The summed E-state index contributed by atoms with van der Waals surface area (Å²) in [5.41, 5.74) is 7.39. The molecule has 1 aromatic heterocycles. The minimum Gasteiger partial charge on any atom is -0.326 e. The van der Waals surface area contributed by atoms with Gasteiger partial charge in [-0.3, -0.25) is 4.98 Å². The molecular weight excluding hydrogens is 262 g/mol. The van der Waals surface area contributed by atoms with Crippen LogP contribution in [-0.2, 0) is 23.1 Å². The molecule has 5 nitrogen and oxygen atoms in total. The molecular formula is C13H15N3O2S. The van der Waals surface area contributed by atoms with Gasteiger partial charge < -0.3 is 5.73 Å². The average Bonchev–Trinajstić information content (AvgIpc) is 2.47. The van der Waals surface area contributed by atoms with Crippen molar-refractivity contribution in [3.8, 4) is 0 Å². The Kier molecular flexibility index (Phi) is 4.26. The smallest absolute Gasteiger partial charge is 0.242 e. The number of nitrogens with two attached hydrogens (primary N) is 1. The fourth-order valence-corrected chi connectivity index (χ4v) is 2.54. The summed E-state index contributed by atoms with van der Waals surface area (Å²) in [5.74, 6) is 0. The predicted octanol–water partition coefficient (Wildman–Crippen LogP) is 1.02. The normalized spacial score (nSPS) is 11.4. The molecule has 0 unspecified atom stereocenters. The fourth-order valence-electron chi connectivity index (χ4n) is 1.56. The summed E-state index contributed by atoms with van der Waals surface area (Å²) in [6.45, 7) is 0.712. The van der Waals surface area contributed by atoms with E-state index >= 15 is 0 Å². The first kappa shape index (κ1) is 13.7. The summed E-state index contributed by atoms with van der Waals surface area (Å²) in [5, 5.41) is 0. The lowest BCUT2D eigenvalue weighted by Crippen LogP contribution is -2.23. The molecule has 6 heteroatoms. The number of aromatic nitrogens is 1. The van der Waals surface area contributed by atoms with Crippen LogP contribution in [0.3, 0.4) is 0 Å². The molecule has 0 fully saturated rings. The Morgan fingerprint density at radius 3 is 2.37 bits per heavy atom. The molecule has 19 heavy (non-hydrogen) atoms. The molecule has 2 rings (SSSR count). The van der Waals surface area contributed by atoms with Crippen molar-refractivity contribution in [1.29, 1.82) is 0 Å². The molecule has 2 aromatic rings. The minimum absolute atomic E-state index is 0.161. The molecule has 0 aliphatic heterocycles. The van der Waals surface area contributed by atoms with Gasteiger partial charge in [0.05, 0.1) is 0 Å². The molecule has 100 valence electrons. The quantitative estimate of drug-likeness (QED) is 0.854. The van der Waals surface area contributed by atoms with Crippen LogP contribution in [0, 0.1) is 0 Å². The van der Waals surface area contributed by atoms with E-state index in [9.17, 15) is 8.42 Å². The number of sulfonamides is 1. The van der Waals surface area contributed by atoms with Crippen LogP contribution in [0.25, 0.3) is 0 Å². The van der Waals surface area contributed by atoms with Gasteiger partial charge in [-0.25, -0.2) is 13.1 Å². The number of nitrogens with zero attached hydrogens (tertiary/aromatic N) is 1. The van der Waals surface area contributed by atoms with Crippen molar-refractivity contribution in [3.63, 3.8) is 0 Å². The molecule has 0 aliphatic carbocycles.